The van der Waals surface area contributed by atoms with Crippen LogP contribution in [0.15, 0.2) is 36.5 Å². The average Bonchev–Trinajstić information content (AvgIpc) is 2.36. The molecule has 0 unspecified atom stereocenters. The predicted molar refractivity (Wildman–Crippen MR) is 72.0 cm³/mol. The molecule has 0 amide bonds. The molecule has 0 atom stereocenters. The van der Waals surface area contributed by atoms with Gasteiger partial charge >= 0.3 is 0 Å². The van der Waals surface area contributed by atoms with E-state index in [1.807, 2.05) is 13.0 Å². The number of hydrogen-bond acceptors (Lipinski definition) is 3. The van der Waals surface area contributed by atoms with Crippen LogP contribution >= 0.6 is 0 Å². The molecule has 0 aliphatic heterocycles. The molecule has 0 saturated heterocycles. The van der Waals surface area contributed by atoms with Crippen LogP contribution in [0.4, 0.5) is 15.9 Å². The Balaban J connectivity index is 1.88. The normalized spacial score (nSPS) is 10.3. The molecule has 94 valence electrons. The number of nitrogens with zero attached hydrogens (tertiary/aromatic N) is 1. The second-order valence-electron chi connectivity index (χ2n) is 4.23. The van der Waals surface area contributed by atoms with E-state index in [2.05, 4.69) is 10.3 Å². The fraction of sp³-hybridized carbons (Fsp3) is 0.214. The molecule has 1 aromatic heterocycles. The summed E-state index contributed by atoms with van der Waals surface area (Å²) in [6.45, 7) is 2.70. The van der Waals surface area contributed by atoms with Crippen LogP contribution in [0.2, 0.25) is 0 Å². The molecule has 0 radical (unpaired) electrons. The van der Waals surface area contributed by atoms with E-state index in [0.717, 1.165) is 29.9 Å². The molecule has 2 rings (SSSR count). The summed E-state index contributed by atoms with van der Waals surface area (Å²) >= 11 is 0. The topological polar surface area (TPSA) is 50.9 Å². The van der Waals surface area contributed by atoms with Gasteiger partial charge in [-0.05, 0) is 42.7 Å². The Morgan fingerprint density at radius 1 is 1.28 bits per heavy atom. The van der Waals surface area contributed by atoms with Gasteiger partial charge in [-0.1, -0.05) is 12.1 Å². The van der Waals surface area contributed by atoms with Gasteiger partial charge < -0.3 is 11.1 Å². The first-order valence-electron chi connectivity index (χ1n) is 5.85. The summed E-state index contributed by atoms with van der Waals surface area (Å²) in [7, 11) is 0. The second-order valence-corrected chi connectivity index (χ2v) is 4.23. The number of aryl methyl sites for hydroxylation is 1. The SMILES string of the molecule is Cc1cc(NCCc2ccc(F)cc2)ncc1N. The number of nitrogen functional groups attached to an aromatic ring is 1. The highest BCUT2D eigenvalue weighted by Crippen LogP contribution is 2.13. The van der Waals surface area contributed by atoms with Crippen LogP contribution in [0, 0.1) is 12.7 Å². The van der Waals surface area contributed by atoms with Gasteiger partial charge in [-0.3, -0.25) is 0 Å². The van der Waals surface area contributed by atoms with Crippen LogP contribution in [0.25, 0.3) is 0 Å². The van der Waals surface area contributed by atoms with Gasteiger partial charge in [-0.25, -0.2) is 9.37 Å². The predicted octanol–water partition coefficient (Wildman–Crippen LogP) is 2.77. The number of aromatic nitrogens is 1. The number of anilines is 2. The van der Waals surface area contributed by atoms with E-state index in [1.54, 1.807) is 18.3 Å². The molecule has 0 aliphatic rings. The lowest BCUT2D eigenvalue weighted by Gasteiger charge is -2.07. The van der Waals surface area contributed by atoms with Gasteiger partial charge in [0.1, 0.15) is 11.6 Å². The van der Waals surface area contributed by atoms with E-state index in [0.29, 0.717) is 5.69 Å². The molecule has 0 fully saturated rings. The van der Waals surface area contributed by atoms with Crippen LogP contribution < -0.4 is 11.1 Å². The zero-order valence-electron chi connectivity index (χ0n) is 10.3. The molecular weight excluding hydrogens is 229 g/mol. The number of nitrogens with two attached hydrogens (primary N) is 1. The van der Waals surface area contributed by atoms with E-state index in [1.165, 1.54) is 12.1 Å². The number of halogens is 1. The first-order chi connectivity index (χ1) is 8.65. The Morgan fingerprint density at radius 3 is 2.67 bits per heavy atom. The van der Waals surface area contributed by atoms with Gasteiger partial charge in [-0.2, -0.15) is 0 Å². The Bertz CT molecular complexity index is 523. The molecule has 4 heteroatoms. The summed E-state index contributed by atoms with van der Waals surface area (Å²) in [4.78, 5) is 4.19. The van der Waals surface area contributed by atoms with Gasteiger partial charge in [-0.15, -0.1) is 0 Å². The lowest BCUT2D eigenvalue weighted by molar-refractivity contribution is 0.627. The van der Waals surface area contributed by atoms with Gasteiger partial charge in [0.2, 0.25) is 0 Å². The Labute approximate surface area is 106 Å². The Hall–Kier alpha value is -2.10. The zero-order valence-corrected chi connectivity index (χ0v) is 10.3. The van der Waals surface area contributed by atoms with Crippen molar-refractivity contribution in [1.82, 2.24) is 4.98 Å². The summed E-state index contributed by atoms with van der Waals surface area (Å²) in [5.41, 5.74) is 8.49. The van der Waals surface area contributed by atoms with Crippen LogP contribution in [-0.2, 0) is 6.42 Å². The highest BCUT2D eigenvalue weighted by molar-refractivity contribution is 5.50. The Morgan fingerprint density at radius 2 is 2.00 bits per heavy atom. The molecule has 0 aliphatic carbocycles. The largest absolute Gasteiger partial charge is 0.397 e. The molecule has 0 spiro atoms. The number of hydrogen-bond donors (Lipinski definition) is 2. The van der Waals surface area contributed by atoms with Gasteiger partial charge in [0.05, 0.1) is 11.9 Å². The molecule has 3 nitrogen and oxygen atoms in total. The third kappa shape index (κ3) is 3.20. The third-order valence-electron chi connectivity index (χ3n) is 2.78. The standard InChI is InChI=1S/C14H16FN3/c1-10-8-14(18-9-13(10)16)17-7-6-11-2-4-12(15)5-3-11/h2-5,8-9H,6-7,16H2,1H3,(H,17,18). The fourth-order valence-corrected chi connectivity index (χ4v) is 1.65. The summed E-state index contributed by atoms with van der Waals surface area (Å²) in [6, 6.07) is 8.44. The maximum absolute atomic E-state index is 12.7. The van der Waals surface area contributed by atoms with E-state index in [-0.39, 0.29) is 5.82 Å². The van der Waals surface area contributed by atoms with Gasteiger partial charge in [0.25, 0.3) is 0 Å². The van der Waals surface area contributed by atoms with Crippen molar-refractivity contribution in [1.29, 1.82) is 0 Å². The fourth-order valence-electron chi connectivity index (χ4n) is 1.65. The number of rotatable bonds is 4. The number of pyridine rings is 1. The van der Waals surface area contributed by atoms with Crippen molar-refractivity contribution in [3.8, 4) is 0 Å². The van der Waals surface area contributed by atoms with Crippen molar-refractivity contribution in [3.05, 3.63) is 53.5 Å². The molecular formula is C14H16FN3. The van der Waals surface area contributed by atoms with Crippen molar-refractivity contribution < 1.29 is 4.39 Å². The molecule has 0 bridgehead atoms. The minimum absolute atomic E-state index is 0.206. The maximum atomic E-state index is 12.7. The van der Waals surface area contributed by atoms with E-state index in [4.69, 9.17) is 5.73 Å². The van der Waals surface area contributed by atoms with Gasteiger partial charge in [0, 0.05) is 6.54 Å². The lowest BCUT2D eigenvalue weighted by Crippen LogP contribution is -2.07. The van der Waals surface area contributed by atoms with Crippen LogP contribution in [0.1, 0.15) is 11.1 Å². The van der Waals surface area contributed by atoms with Crippen LogP contribution in [0.5, 0.6) is 0 Å². The van der Waals surface area contributed by atoms with Crippen molar-refractivity contribution in [3.63, 3.8) is 0 Å². The molecule has 1 heterocycles. The zero-order chi connectivity index (χ0) is 13.0. The quantitative estimate of drug-likeness (QED) is 0.870. The van der Waals surface area contributed by atoms with Crippen molar-refractivity contribution in [2.45, 2.75) is 13.3 Å². The van der Waals surface area contributed by atoms with Crippen molar-refractivity contribution in [2.24, 2.45) is 0 Å². The Kier molecular flexibility index (Phi) is 3.77. The maximum Gasteiger partial charge on any atom is 0.126 e. The first kappa shape index (κ1) is 12.4. The molecule has 2 aromatic rings. The van der Waals surface area contributed by atoms with E-state index < -0.39 is 0 Å². The molecule has 3 N–H and O–H groups in total. The minimum atomic E-state index is -0.206. The summed E-state index contributed by atoms with van der Waals surface area (Å²) < 4.78 is 12.7. The monoisotopic (exact) mass is 245 g/mol. The average molecular weight is 245 g/mol. The summed E-state index contributed by atoms with van der Waals surface area (Å²) in [5, 5.41) is 3.22. The highest BCUT2D eigenvalue weighted by Gasteiger charge is 1.98. The van der Waals surface area contributed by atoms with Crippen molar-refractivity contribution in [2.75, 3.05) is 17.6 Å². The minimum Gasteiger partial charge on any atom is -0.397 e. The smallest absolute Gasteiger partial charge is 0.126 e. The van der Waals surface area contributed by atoms with Gasteiger partial charge in [0.15, 0.2) is 0 Å². The third-order valence-corrected chi connectivity index (χ3v) is 2.78. The van der Waals surface area contributed by atoms with E-state index >= 15 is 0 Å². The summed E-state index contributed by atoms with van der Waals surface area (Å²) in [6.07, 6.45) is 2.47. The number of benzene rings is 1. The lowest BCUT2D eigenvalue weighted by atomic mass is 10.1. The molecule has 18 heavy (non-hydrogen) atoms. The highest BCUT2D eigenvalue weighted by atomic mass is 19.1. The summed E-state index contributed by atoms with van der Waals surface area (Å²) in [5.74, 6) is 0.603. The van der Waals surface area contributed by atoms with Crippen molar-refractivity contribution >= 4 is 11.5 Å². The first-order valence-corrected chi connectivity index (χ1v) is 5.85. The molecule has 0 saturated carbocycles. The number of nitrogens with one attached hydrogen (secondary N) is 1. The van der Waals surface area contributed by atoms with Crippen LogP contribution in [-0.4, -0.2) is 11.5 Å². The molecule has 1 aromatic carbocycles. The van der Waals surface area contributed by atoms with Crippen LogP contribution in [0.3, 0.4) is 0 Å². The second kappa shape index (κ2) is 5.49. The van der Waals surface area contributed by atoms with E-state index in [9.17, 15) is 4.39 Å².